The lowest BCUT2D eigenvalue weighted by Crippen LogP contribution is -2.30. The fourth-order valence-electron chi connectivity index (χ4n) is 4.63. The van der Waals surface area contributed by atoms with Gasteiger partial charge in [0, 0.05) is 23.9 Å². The number of hydrogen-bond donors (Lipinski definition) is 0. The molecule has 1 aliphatic heterocycles. The number of para-hydroxylation sites is 1. The van der Waals surface area contributed by atoms with Gasteiger partial charge in [0.15, 0.2) is 11.5 Å². The van der Waals surface area contributed by atoms with Crippen LogP contribution in [0.25, 0.3) is 23.0 Å². The van der Waals surface area contributed by atoms with Crippen LogP contribution in [0.3, 0.4) is 0 Å². The van der Waals surface area contributed by atoms with Crippen molar-refractivity contribution in [3.8, 4) is 34.2 Å². The largest absolute Gasteiger partial charge is 0.493 e. The fourth-order valence-corrected chi connectivity index (χ4v) is 6.17. The zero-order valence-electron chi connectivity index (χ0n) is 24.2. The van der Waals surface area contributed by atoms with Gasteiger partial charge in [-0.3, -0.25) is 9.69 Å². The van der Waals surface area contributed by atoms with Crippen LogP contribution in [-0.4, -0.2) is 52.3 Å². The highest BCUT2D eigenvalue weighted by Crippen LogP contribution is 2.37. The zero-order chi connectivity index (χ0) is 30.3. The Balaban J connectivity index is 1.42. The number of carbonyl (C=O) groups excluding carboxylic acids is 1. The standard InChI is InChI=1S/C33H32ClN3O4S2/c1-4-5-17-41-27-14-12-23(19-26(27)34)31-24(21-37(35-31)25-9-7-6-8-10-25)20-30-32(38)36(33(42)43-30)16-15-22-11-13-28(39-2)29(18-22)40-3/h6-14,18-21H,4-5,15-17H2,1-3H3. The second-order valence-corrected chi connectivity index (χ2v) is 11.9. The van der Waals surface area contributed by atoms with Crippen LogP contribution in [0.4, 0.5) is 0 Å². The van der Waals surface area contributed by atoms with E-state index in [-0.39, 0.29) is 5.91 Å². The molecule has 0 radical (unpaired) electrons. The van der Waals surface area contributed by atoms with Crippen molar-refractivity contribution in [3.05, 3.63) is 94.0 Å². The van der Waals surface area contributed by atoms with Crippen molar-refractivity contribution in [2.24, 2.45) is 0 Å². The minimum Gasteiger partial charge on any atom is -0.493 e. The third kappa shape index (κ3) is 7.06. The molecular formula is C33H32ClN3O4S2. The average Bonchev–Trinajstić information content (AvgIpc) is 3.56. The molecule has 222 valence electrons. The number of hydrogen-bond acceptors (Lipinski definition) is 7. The van der Waals surface area contributed by atoms with Crippen molar-refractivity contribution in [1.82, 2.24) is 14.7 Å². The first-order chi connectivity index (χ1) is 20.9. The molecule has 1 aliphatic rings. The summed E-state index contributed by atoms with van der Waals surface area (Å²) in [6, 6.07) is 21.2. The molecule has 5 rings (SSSR count). The summed E-state index contributed by atoms with van der Waals surface area (Å²) in [7, 11) is 3.21. The Bertz CT molecular complexity index is 1660. The molecule has 0 atom stereocenters. The first-order valence-corrected chi connectivity index (χ1v) is 15.6. The van der Waals surface area contributed by atoms with E-state index in [9.17, 15) is 4.79 Å². The van der Waals surface area contributed by atoms with Gasteiger partial charge < -0.3 is 14.2 Å². The van der Waals surface area contributed by atoms with Gasteiger partial charge in [-0.15, -0.1) is 0 Å². The van der Waals surface area contributed by atoms with Crippen molar-refractivity contribution in [2.75, 3.05) is 27.4 Å². The molecule has 0 saturated carbocycles. The van der Waals surface area contributed by atoms with E-state index in [0.717, 1.165) is 35.2 Å². The molecular weight excluding hydrogens is 602 g/mol. The average molecular weight is 634 g/mol. The number of halogens is 1. The highest BCUT2D eigenvalue weighted by Gasteiger charge is 2.32. The van der Waals surface area contributed by atoms with Crippen molar-refractivity contribution < 1.29 is 19.0 Å². The van der Waals surface area contributed by atoms with Gasteiger partial charge in [0.05, 0.1) is 36.4 Å². The number of methoxy groups -OCH3 is 2. The number of nitrogens with zero attached hydrogens (tertiary/aromatic N) is 3. The number of amides is 1. The van der Waals surface area contributed by atoms with Crippen LogP contribution in [0.1, 0.15) is 30.9 Å². The van der Waals surface area contributed by atoms with Gasteiger partial charge in [0.25, 0.3) is 5.91 Å². The normalized spacial score (nSPS) is 14.0. The van der Waals surface area contributed by atoms with E-state index in [2.05, 4.69) is 6.92 Å². The lowest BCUT2D eigenvalue weighted by molar-refractivity contribution is -0.122. The zero-order valence-corrected chi connectivity index (χ0v) is 26.6. The molecule has 1 fully saturated rings. The van der Waals surface area contributed by atoms with Crippen molar-refractivity contribution in [2.45, 2.75) is 26.2 Å². The molecule has 4 aromatic rings. The molecule has 1 amide bonds. The fraction of sp³-hybridized carbons (Fsp3) is 0.242. The molecule has 10 heteroatoms. The Hall–Kier alpha value is -3.79. The van der Waals surface area contributed by atoms with Crippen LogP contribution in [-0.2, 0) is 11.2 Å². The molecule has 2 heterocycles. The maximum Gasteiger partial charge on any atom is 0.266 e. The lowest BCUT2D eigenvalue weighted by atomic mass is 10.1. The Morgan fingerprint density at radius 1 is 1.00 bits per heavy atom. The quantitative estimate of drug-likeness (QED) is 0.0895. The molecule has 7 nitrogen and oxygen atoms in total. The molecule has 0 aliphatic carbocycles. The van der Waals surface area contributed by atoms with Crippen molar-refractivity contribution in [3.63, 3.8) is 0 Å². The predicted octanol–water partition coefficient (Wildman–Crippen LogP) is 7.83. The van der Waals surface area contributed by atoms with E-state index in [4.69, 9.17) is 43.1 Å². The van der Waals surface area contributed by atoms with Crippen LogP contribution in [0.2, 0.25) is 5.02 Å². The molecule has 0 spiro atoms. The van der Waals surface area contributed by atoms with Gasteiger partial charge in [-0.25, -0.2) is 4.68 Å². The summed E-state index contributed by atoms with van der Waals surface area (Å²) >= 11 is 13.5. The summed E-state index contributed by atoms with van der Waals surface area (Å²) in [6.45, 7) is 3.17. The smallest absolute Gasteiger partial charge is 0.266 e. The first-order valence-electron chi connectivity index (χ1n) is 14.0. The van der Waals surface area contributed by atoms with Crippen molar-refractivity contribution in [1.29, 1.82) is 0 Å². The van der Waals surface area contributed by atoms with E-state index < -0.39 is 0 Å². The summed E-state index contributed by atoms with van der Waals surface area (Å²) < 4.78 is 18.9. The van der Waals surface area contributed by atoms with Crippen LogP contribution < -0.4 is 14.2 Å². The number of aromatic nitrogens is 2. The number of carbonyl (C=O) groups is 1. The first kappa shape index (κ1) is 30.7. The van der Waals surface area contributed by atoms with Crippen LogP contribution >= 0.6 is 35.6 Å². The van der Waals surface area contributed by atoms with Crippen molar-refractivity contribution >= 4 is 51.9 Å². The van der Waals surface area contributed by atoms with Gasteiger partial charge in [-0.2, -0.15) is 5.10 Å². The van der Waals surface area contributed by atoms with Crippen LogP contribution in [0.15, 0.2) is 77.8 Å². The van der Waals surface area contributed by atoms with Gasteiger partial charge in [0.2, 0.25) is 0 Å². The van der Waals surface area contributed by atoms with Crippen LogP contribution in [0.5, 0.6) is 17.2 Å². The van der Waals surface area contributed by atoms with Gasteiger partial charge >= 0.3 is 0 Å². The number of rotatable bonds is 12. The number of benzene rings is 3. The summed E-state index contributed by atoms with van der Waals surface area (Å²) in [6.07, 6.45) is 6.38. The third-order valence-electron chi connectivity index (χ3n) is 6.96. The Labute approximate surface area is 266 Å². The Kier molecular flexibility index (Phi) is 10.1. The van der Waals surface area contributed by atoms with E-state index in [0.29, 0.717) is 56.8 Å². The molecule has 3 aromatic carbocycles. The maximum atomic E-state index is 13.6. The summed E-state index contributed by atoms with van der Waals surface area (Å²) in [4.78, 5) is 15.7. The van der Waals surface area contributed by atoms with E-state index in [1.165, 1.54) is 11.8 Å². The lowest BCUT2D eigenvalue weighted by Gasteiger charge is -2.15. The Morgan fingerprint density at radius 2 is 1.77 bits per heavy atom. The number of unbranched alkanes of at least 4 members (excludes halogenated alkanes) is 1. The minimum atomic E-state index is -0.133. The van der Waals surface area contributed by atoms with Gasteiger partial charge in [-0.1, -0.05) is 73.2 Å². The summed E-state index contributed by atoms with van der Waals surface area (Å²) in [5.74, 6) is 1.81. The second-order valence-electron chi connectivity index (χ2n) is 9.83. The number of thiocarbonyl (C=S) groups is 1. The van der Waals surface area contributed by atoms with Gasteiger partial charge in [0.1, 0.15) is 15.8 Å². The van der Waals surface area contributed by atoms with E-state index >= 15 is 0 Å². The second kappa shape index (κ2) is 14.1. The molecule has 0 bridgehead atoms. The van der Waals surface area contributed by atoms with E-state index in [1.807, 2.05) is 79.0 Å². The summed E-state index contributed by atoms with van der Waals surface area (Å²) in [5, 5.41) is 5.40. The number of ether oxygens (including phenoxy) is 3. The highest BCUT2D eigenvalue weighted by atomic mass is 35.5. The van der Waals surface area contributed by atoms with E-state index in [1.54, 1.807) is 23.8 Å². The Morgan fingerprint density at radius 3 is 2.49 bits per heavy atom. The molecule has 0 N–H and O–H groups in total. The third-order valence-corrected chi connectivity index (χ3v) is 8.63. The van der Waals surface area contributed by atoms with Gasteiger partial charge in [-0.05, 0) is 66.9 Å². The molecule has 0 unspecified atom stereocenters. The topological polar surface area (TPSA) is 65.8 Å². The summed E-state index contributed by atoms with van der Waals surface area (Å²) in [5.41, 5.74) is 4.21. The minimum absolute atomic E-state index is 0.133. The predicted molar refractivity (Wildman–Crippen MR) is 178 cm³/mol. The highest BCUT2D eigenvalue weighted by molar-refractivity contribution is 8.26. The maximum absolute atomic E-state index is 13.6. The van der Waals surface area contributed by atoms with Crippen LogP contribution in [0, 0.1) is 0 Å². The SMILES string of the molecule is CCCCOc1ccc(-c2nn(-c3ccccc3)cc2C=C2SC(=S)N(CCc3ccc(OC)c(OC)c3)C2=O)cc1Cl. The monoisotopic (exact) mass is 633 g/mol. The number of thioether (sulfide) groups is 1. The molecule has 1 aromatic heterocycles. The molecule has 43 heavy (non-hydrogen) atoms. The molecule has 1 saturated heterocycles.